The number of nitriles is 1. The van der Waals surface area contributed by atoms with Gasteiger partial charge in [0.1, 0.15) is 31.7 Å². The topological polar surface area (TPSA) is 94.9 Å². The molecule has 8 nitrogen and oxygen atoms in total. The van der Waals surface area contributed by atoms with Crippen LogP contribution in [0.2, 0.25) is 0 Å². The lowest BCUT2D eigenvalue weighted by Gasteiger charge is -2.27. The maximum Gasteiger partial charge on any atom is 0.408 e. The van der Waals surface area contributed by atoms with Crippen LogP contribution in [-0.4, -0.2) is 55.4 Å². The number of benzene rings is 2. The number of alkyl carbamates (subject to hydrolysis) is 1. The maximum absolute atomic E-state index is 12.9. The molecule has 31 heavy (non-hydrogen) atoms. The molecular weight excluding hydrogens is 402 g/mol. The van der Waals surface area contributed by atoms with Crippen molar-refractivity contribution in [1.29, 1.82) is 5.26 Å². The highest BCUT2D eigenvalue weighted by Gasteiger charge is 2.27. The third-order valence-corrected chi connectivity index (χ3v) is 4.43. The first-order valence-electron chi connectivity index (χ1n) is 9.60. The number of hydrogen-bond donors (Lipinski definition) is 1. The van der Waals surface area contributed by atoms with Gasteiger partial charge < -0.3 is 14.8 Å². The molecule has 1 atom stereocenters. The van der Waals surface area contributed by atoms with Crippen LogP contribution in [0.15, 0.2) is 54.6 Å². The van der Waals surface area contributed by atoms with E-state index in [0.29, 0.717) is 5.75 Å². The van der Waals surface area contributed by atoms with Gasteiger partial charge in [-0.2, -0.15) is 5.26 Å². The highest BCUT2D eigenvalue weighted by molar-refractivity contribution is 5.85. The molecule has 0 fully saturated rings. The second-order valence-electron chi connectivity index (χ2n) is 6.63. The molecule has 2 aromatic carbocycles. The first-order valence-corrected chi connectivity index (χ1v) is 9.60. The van der Waals surface area contributed by atoms with Crippen LogP contribution in [0.5, 0.6) is 5.75 Å². The lowest BCUT2D eigenvalue weighted by Crippen LogP contribution is -2.52. The fraction of sp³-hybridized carbons (Fsp3) is 0.318. The van der Waals surface area contributed by atoms with Gasteiger partial charge in [0.2, 0.25) is 0 Å². The van der Waals surface area contributed by atoms with Crippen LogP contribution in [0.25, 0.3) is 0 Å². The number of carbonyl (C=O) groups is 2. The Labute approximate surface area is 180 Å². The van der Waals surface area contributed by atoms with Crippen LogP contribution in [0.4, 0.5) is 9.18 Å². The van der Waals surface area contributed by atoms with Crippen LogP contribution in [0.1, 0.15) is 11.1 Å². The Bertz CT molecular complexity index is 887. The van der Waals surface area contributed by atoms with Crippen LogP contribution >= 0.6 is 0 Å². The molecule has 0 unspecified atom stereocenters. The van der Waals surface area contributed by atoms with Crippen molar-refractivity contribution < 1.29 is 23.5 Å². The van der Waals surface area contributed by atoms with Crippen molar-refractivity contribution in [3.63, 3.8) is 0 Å². The molecule has 0 heterocycles. The minimum atomic E-state index is -0.971. The lowest BCUT2D eigenvalue weighted by atomic mass is 10.1. The van der Waals surface area contributed by atoms with E-state index >= 15 is 0 Å². The molecule has 0 spiro atoms. The smallest absolute Gasteiger partial charge is 0.408 e. The molecule has 2 amide bonds. The molecule has 9 heteroatoms. The number of hydrazine groups is 1. The van der Waals surface area contributed by atoms with E-state index in [1.807, 2.05) is 36.5 Å². The average molecular weight is 427 g/mol. The molecular formula is C22H25FN4O4. The highest BCUT2D eigenvalue weighted by Crippen LogP contribution is 2.14. The number of likely N-dealkylation sites (N-methyl/N-ethyl adjacent to an activating group) is 1. The monoisotopic (exact) mass is 427 g/mol. The van der Waals surface area contributed by atoms with E-state index in [2.05, 4.69) is 5.32 Å². The first kappa shape index (κ1) is 23.5. The van der Waals surface area contributed by atoms with Crippen LogP contribution in [-0.2, 0) is 22.6 Å². The summed E-state index contributed by atoms with van der Waals surface area (Å²) in [5.41, 5.74) is 1.55. The standard InChI is InChI=1S/C22H25FN4O4/c1-26(16-24)27(2)21(28)20(14-17-8-10-19(11-9-17)30-13-12-23)25-22(29)31-15-18-6-4-3-5-7-18/h3-11,20H,12-15H2,1-2H3,(H,25,29)/t20-/m0/s1/i23-1. The lowest BCUT2D eigenvalue weighted by molar-refractivity contribution is -0.141. The number of nitrogens with one attached hydrogen (secondary N) is 1. The molecule has 0 aromatic heterocycles. The van der Waals surface area contributed by atoms with Gasteiger partial charge in [0.05, 0.1) is 0 Å². The summed E-state index contributed by atoms with van der Waals surface area (Å²) in [6, 6.07) is 14.9. The number of hydrogen-bond acceptors (Lipinski definition) is 6. The van der Waals surface area contributed by atoms with Gasteiger partial charge >= 0.3 is 6.09 Å². The maximum atomic E-state index is 12.9. The molecule has 0 saturated heterocycles. The van der Waals surface area contributed by atoms with E-state index < -0.39 is 24.7 Å². The second kappa shape index (κ2) is 12.0. The highest BCUT2D eigenvalue weighted by atomic mass is 18.2. The molecule has 0 aliphatic carbocycles. The average Bonchev–Trinajstić information content (AvgIpc) is 2.81. The van der Waals surface area contributed by atoms with Gasteiger partial charge in [0, 0.05) is 20.5 Å². The molecule has 0 aliphatic heterocycles. The number of ether oxygens (including phenoxy) is 2. The van der Waals surface area contributed by atoms with Gasteiger partial charge in [-0.3, -0.25) is 4.79 Å². The minimum Gasteiger partial charge on any atom is -0.491 e. The van der Waals surface area contributed by atoms with E-state index in [4.69, 9.17) is 14.7 Å². The van der Waals surface area contributed by atoms with Gasteiger partial charge in [0.15, 0.2) is 6.19 Å². The number of alkyl halides is 1. The predicted molar refractivity (Wildman–Crippen MR) is 111 cm³/mol. The summed E-state index contributed by atoms with van der Waals surface area (Å²) in [6.07, 6.45) is 1.25. The van der Waals surface area contributed by atoms with E-state index in [1.165, 1.54) is 14.1 Å². The molecule has 0 saturated carbocycles. The Hall–Kier alpha value is -3.80. The van der Waals surface area contributed by atoms with Crippen molar-refractivity contribution in [2.75, 3.05) is 27.4 Å². The number of amides is 2. The molecule has 2 rings (SSSR count). The first-order chi connectivity index (χ1) is 14.9. The third-order valence-electron chi connectivity index (χ3n) is 4.43. The third kappa shape index (κ3) is 7.51. The molecule has 0 aliphatic rings. The summed E-state index contributed by atoms with van der Waals surface area (Å²) in [7, 11) is 2.86. The Morgan fingerprint density at radius 1 is 1.10 bits per heavy atom. The van der Waals surface area contributed by atoms with Gasteiger partial charge in [-0.1, -0.05) is 42.5 Å². The van der Waals surface area contributed by atoms with E-state index in [-0.39, 0.29) is 19.6 Å². The van der Waals surface area contributed by atoms with Crippen molar-refractivity contribution in [2.24, 2.45) is 0 Å². The normalized spacial score (nSPS) is 11.0. The molecule has 2 aromatic rings. The largest absolute Gasteiger partial charge is 0.491 e. The summed E-state index contributed by atoms with van der Waals surface area (Å²) >= 11 is 0. The Morgan fingerprint density at radius 3 is 2.39 bits per heavy atom. The Morgan fingerprint density at radius 2 is 1.77 bits per heavy atom. The summed E-state index contributed by atoms with van der Waals surface area (Å²) in [5.74, 6) is 0.0132. The van der Waals surface area contributed by atoms with Crippen LogP contribution in [0.3, 0.4) is 0 Å². The predicted octanol–water partition coefficient (Wildman–Crippen LogP) is 2.66. The van der Waals surface area contributed by atoms with Gasteiger partial charge in [0.25, 0.3) is 5.91 Å². The van der Waals surface area contributed by atoms with Gasteiger partial charge in [-0.15, -0.1) is 0 Å². The summed E-state index contributed by atoms with van der Waals surface area (Å²) in [6.45, 7) is -0.575. The number of carbonyl (C=O) groups excluding carboxylic acids is 2. The SMILES string of the molecule is CN(C#N)N(C)C(=O)[C@H](Cc1ccc(OCC[18F])cc1)NC(=O)OCc1ccccc1. The molecule has 164 valence electrons. The molecule has 0 radical (unpaired) electrons. The number of halogens is 1. The zero-order chi connectivity index (χ0) is 22.6. The van der Waals surface area contributed by atoms with Crippen molar-refractivity contribution in [3.05, 3.63) is 65.7 Å². The van der Waals surface area contributed by atoms with Crippen molar-refractivity contribution >= 4 is 12.0 Å². The fourth-order valence-electron chi connectivity index (χ4n) is 2.66. The number of nitrogens with zero attached hydrogens (tertiary/aromatic N) is 3. The number of rotatable bonds is 10. The second-order valence-corrected chi connectivity index (χ2v) is 6.63. The Kier molecular flexibility index (Phi) is 9.11. The molecule has 0 bridgehead atoms. The molecule has 1 N–H and O–H groups in total. The van der Waals surface area contributed by atoms with E-state index in [1.54, 1.807) is 24.3 Å². The van der Waals surface area contributed by atoms with Crippen LogP contribution < -0.4 is 10.1 Å². The van der Waals surface area contributed by atoms with E-state index in [9.17, 15) is 14.0 Å². The van der Waals surface area contributed by atoms with Crippen molar-refractivity contribution in [2.45, 2.75) is 19.1 Å². The zero-order valence-electron chi connectivity index (χ0n) is 17.5. The fourth-order valence-corrected chi connectivity index (χ4v) is 2.66. The Balaban J connectivity index is 2.07. The summed E-state index contributed by atoms with van der Waals surface area (Å²) < 4.78 is 22.7. The summed E-state index contributed by atoms with van der Waals surface area (Å²) in [4.78, 5) is 25.2. The zero-order valence-corrected chi connectivity index (χ0v) is 17.5. The van der Waals surface area contributed by atoms with Gasteiger partial charge in [-0.25, -0.2) is 19.2 Å². The van der Waals surface area contributed by atoms with Crippen LogP contribution in [0, 0.1) is 11.5 Å². The minimum absolute atomic E-state index is 0.0411. The van der Waals surface area contributed by atoms with Crippen molar-refractivity contribution in [1.82, 2.24) is 15.3 Å². The summed E-state index contributed by atoms with van der Waals surface area (Å²) in [5, 5.41) is 13.8. The van der Waals surface area contributed by atoms with Gasteiger partial charge in [-0.05, 0) is 23.3 Å². The van der Waals surface area contributed by atoms with Crippen molar-refractivity contribution in [3.8, 4) is 11.9 Å². The quantitative estimate of drug-likeness (QED) is 0.356. The van der Waals surface area contributed by atoms with E-state index in [0.717, 1.165) is 21.1 Å².